The number of aliphatic carboxylic acids is 1. The van der Waals surface area contributed by atoms with E-state index in [9.17, 15) is 43.8 Å². The van der Waals surface area contributed by atoms with Crippen LogP contribution in [0.15, 0.2) is 4.99 Å². The Balaban J connectivity index is 6.02. The van der Waals surface area contributed by atoms with E-state index in [1.165, 1.54) is 11.8 Å². The van der Waals surface area contributed by atoms with Crippen molar-refractivity contribution in [2.75, 3.05) is 25.2 Å². The maximum atomic E-state index is 13.6. The van der Waals surface area contributed by atoms with Crippen LogP contribution in [0.3, 0.4) is 0 Å². The summed E-state index contributed by atoms with van der Waals surface area (Å²) in [4.78, 5) is 92.8. The van der Waals surface area contributed by atoms with E-state index < -0.39 is 84.3 Å². The van der Waals surface area contributed by atoms with E-state index in [-0.39, 0.29) is 62.9 Å². The maximum Gasteiger partial charge on any atom is 0.326 e. The second kappa shape index (κ2) is 24.9. The number of thioether (sulfide) groups is 1. The van der Waals surface area contributed by atoms with E-state index in [1.807, 2.05) is 20.1 Å². The number of carboxylic acid groups (broad SMARTS) is 1. The van der Waals surface area contributed by atoms with E-state index >= 15 is 0 Å². The first-order valence-electron chi connectivity index (χ1n) is 16.8. The van der Waals surface area contributed by atoms with Crippen molar-refractivity contribution in [1.29, 1.82) is 0 Å². The topological polar surface area (TPSA) is 337 Å². The lowest BCUT2D eigenvalue weighted by atomic mass is 10.0. The van der Waals surface area contributed by atoms with Crippen LogP contribution in [-0.2, 0) is 33.6 Å². The molecule has 0 bridgehead atoms. The molecule has 292 valence electrons. The van der Waals surface area contributed by atoms with Crippen molar-refractivity contribution in [2.24, 2.45) is 39.8 Å². The Morgan fingerprint density at radius 3 is 1.57 bits per heavy atom. The van der Waals surface area contributed by atoms with Crippen LogP contribution < -0.4 is 49.5 Å². The molecule has 6 atom stereocenters. The van der Waals surface area contributed by atoms with Crippen molar-refractivity contribution in [2.45, 2.75) is 109 Å². The molecule has 0 aliphatic heterocycles. The SMILES string of the molecule is CSCC[C@H](N)C(=O)N[C@@H](CC(C)C)C(=O)N[C@@H](CO)C(=O)N[C@@H](CC(C)C)C(=O)N[C@@H](CCCN=C(N)N)C(=O)N[C@@H](CCC(N)=O)C(=O)O. The highest BCUT2D eigenvalue weighted by Crippen LogP contribution is 2.10. The average Bonchev–Trinajstić information content (AvgIpc) is 3.03. The highest BCUT2D eigenvalue weighted by molar-refractivity contribution is 7.98. The minimum Gasteiger partial charge on any atom is -0.480 e. The number of nitrogens with zero attached hydrogens (tertiary/aromatic N) is 1. The number of hydrogen-bond acceptors (Lipinski definition) is 11. The largest absolute Gasteiger partial charge is 0.480 e. The van der Waals surface area contributed by atoms with E-state index in [0.29, 0.717) is 12.2 Å². The third kappa shape index (κ3) is 20.3. The minimum absolute atomic E-state index is 0.0393. The minimum atomic E-state index is -1.52. The summed E-state index contributed by atoms with van der Waals surface area (Å²) in [5.41, 5.74) is 21.8. The summed E-state index contributed by atoms with van der Waals surface area (Å²) in [5, 5.41) is 32.0. The lowest BCUT2D eigenvalue weighted by molar-refractivity contribution is -0.142. The smallest absolute Gasteiger partial charge is 0.326 e. The highest BCUT2D eigenvalue weighted by Gasteiger charge is 2.33. The number of carboxylic acids is 1. The first-order valence-corrected chi connectivity index (χ1v) is 18.2. The Hall–Kier alpha value is -4.17. The normalized spacial score (nSPS) is 14.6. The quantitative estimate of drug-likeness (QED) is 0.0239. The van der Waals surface area contributed by atoms with Crippen molar-refractivity contribution in [3.63, 3.8) is 0 Å². The van der Waals surface area contributed by atoms with E-state index in [0.717, 1.165) is 0 Å². The zero-order chi connectivity index (χ0) is 39.3. The fourth-order valence-electron chi connectivity index (χ4n) is 4.66. The van der Waals surface area contributed by atoms with Crippen LogP contribution in [0.25, 0.3) is 0 Å². The fraction of sp³-hybridized carbons (Fsp3) is 0.742. The van der Waals surface area contributed by atoms with Gasteiger partial charge >= 0.3 is 5.97 Å². The van der Waals surface area contributed by atoms with Crippen LogP contribution in [0.5, 0.6) is 0 Å². The molecule has 0 rings (SSSR count). The summed E-state index contributed by atoms with van der Waals surface area (Å²) >= 11 is 1.52. The zero-order valence-corrected chi connectivity index (χ0v) is 30.9. The molecule has 0 aliphatic rings. The van der Waals surface area contributed by atoms with Gasteiger partial charge in [-0.15, -0.1) is 0 Å². The zero-order valence-electron chi connectivity index (χ0n) is 30.1. The number of nitrogens with one attached hydrogen (secondary N) is 5. The van der Waals surface area contributed by atoms with Gasteiger partial charge in [0.2, 0.25) is 35.4 Å². The molecule has 0 radical (unpaired) electrons. The van der Waals surface area contributed by atoms with Crippen LogP contribution in [0.1, 0.15) is 72.6 Å². The number of carbonyl (C=O) groups is 7. The van der Waals surface area contributed by atoms with Crippen molar-refractivity contribution in [3.8, 4) is 0 Å². The predicted molar refractivity (Wildman–Crippen MR) is 193 cm³/mol. The second-order valence-corrected chi connectivity index (χ2v) is 13.9. The van der Waals surface area contributed by atoms with Crippen molar-refractivity contribution in [1.82, 2.24) is 26.6 Å². The molecule has 0 aliphatic carbocycles. The molecular weight excluding hydrogens is 688 g/mol. The molecule has 0 saturated heterocycles. The number of hydrogen-bond donors (Lipinski definition) is 11. The van der Waals surface area contributed by atoms with Gasteiger partial charge in [0, 0.05) is 13.0 Å². The lowest BCUT2D eigenvalue weighted by Crippen LogP contribution is -2.60. The molecule has 6 amide bonds. The Morgan fingerprint density at radius 1 is 0.667 bits per heavy atom. The molecule has 0 heterocycles. The maximum absolute atomic E-state index is 13.6. The number of aliphatic imine (C=N–C) groups is 1. The van der Waals surface area contributed by atoms with Gasteiger partial charge in [0.05, 0.1) is 12.6 Å². The average molecular weight is 747 g/mol. The highest BCUT2D eigenvalue weighted by atomic mass is 32.2. The molecule has 0 unspecified atom stereocenters. The summed E-state index contributed by atoms with van der Waals surface area (Å²) < 4.78 is 0. The summed E-state index contributed by atoms with van der Waals surface area (Å²) in [7, 11) is 0. The summed E-state index contributed by atoms with van der Waals surface area (Å²) in [6.07, 6.45) is 2.07. The predicted octanol–water partition coefficient (Wildman–Crippen LogP) is -3.02. The Bertz CT molecular complexity index is 1200. The van der Waals surface area contributed by atoms with Gasteiger partial charge in [0.25, 0.3) is 0 Å². The van der Waals surface area contributed by atoms with Crippen molar-refractivity contribution >= 4 is 59.1 Å². The molecule has 0 fully saturated rings. The number of rotatable bonds is 26. The second-order valence-electron chi connectivity index (χ2n) is 12.9. The molecule has 0 aromatic carbocycles. The number of amides is 6. The van der Waals surface area contributed by atoms with Crippen molar-refractivity contribution in [3.05, 3.63) is 0 Å². The van der Waals surface area contributed by atoms with Crippen LogP contribution in [0.2, 0.25) is 0 Å². The number of carbonyl (C=O) groups excluding carboxylic acids is 6. The Morgan fingerprint density at radius 2 is 1.12 bits per heavy atom. The molecular formula is C31H58N10O9S. The van der Waals surface area contributed by atoms with E-state index in [4.69, 9.17) is 22.9 Å². The third-order valence-electron chi connectivity index (χ3n) is 7.34. The van der Waals surface area contributed by atoms with Crippen molar-refractivity contribution < 1.29 is 43.8 Å². The molecule has 0 spiro atoms. The van der Waals surface area contributed by atoms with Crippen LogP contribution in [0, 0.1) is 11.8 Å². The molecule has 15 N–H and O–H groups in total. The molecule has 0 aromatic rings. The van der Waals surface area contributed by atoms with Gasteiger partial charge in [-0.05, 0) is 62.4 Å². The number of primary amides is 1. The standard InChI is InChI=1S/C31H58N10O9S/c1-16(2)13-21(39-25(44)18(32)10-12-51-5)28(47)41-23(15-42)29(48)40-22(14-17(3)4)27(46)37-19(7-6-11-36-31(34)35)26(45)38-20(30(49)50)8-9-24(33)43/h16-23,42H,6-15,32H2,1-5H3,(H2,33,43)(H,37,46)(H,38,45)(H,39,44)(H,40,48)(H,41,47)(H,49,50)(H4,34,35,36)/t18-,19-,20-,21-,22-,23-/m0/s1. The monoisotopic (exact) mass is 746 g/mol. The lowest BCUT2D eigenvalue weighted by Gasteiger charge is -2.27. The third-order valence-corrected chi connectivity index (χ3v) is 7.98. The Kier molecular flexibility index (Phi) is 22.9. The first-order chi connectivity index (χ1) is 23.8. The van der Waals surface area contributed by atoms with Gasteiger partial charge in [-0.1, -0.05) is 27.7 Å². The van der Waals surface area contributed by atoms with Crippen LogP contribution >= 0.6 is 11.8 Å². The van der Waals surface area contributed by atoms with Gasteiger partial charge in [-0.3, -0.25) is 33.8 Å². The first kappa shape index (κ1) is 46.8. The number of guanidine groups is 1. The van der Waals surface area contributed by atoms with Gasteiger partial charge in [0.1, 0.15) is 30.2 Å². The van der Waals surface area contributed by atoms with Crippen LogP contribution in [0.4, 0.5) is 0 Å². The molecule has 0 aromatic heterocycles. The summed E-state index contributed by atoms with van der Waals surface area (Å²) in [6, 6.07) is -7.50. The van der Waals surface area contributed by atoms with Gasteiger partial charge in [-0.2, -0.15) is 11.8 Å². The molecule has 51 heavy (non-hydrogen) atoms. The van der Waals surface area contributed by atoms with E-state index in [1.54, 1.807) is 13.8 Å². The summed E-state index contributed by atoms with van der Waals surface area (Å²) in [5.74, 6) is -5.85. The van der Waals surface area contributed by atoms with Gasteiger partial charge in [-0.25, -0.2) is 4.79 Å². The molecule has 20 heteroatoms. The summed E-state index contributed by atoms with van der Waals surface area (Å²) in [6.45, 7) is 6.46. The number of nitrogens with two attached hydrogens (primary N) is 4. The number of aliphatic hydroxyl groups excluding tert-OH is 1. The van der Waals surface area contributed by atoms with E-state index in [2.05, 4.69) is 31.6 Å². The molecule has 19 nitrogen and oxygen atoms in total. The van der Waals surface area contributed by atoms with Gasteiger partial charge in [0.15, 0.2) is 5.96 Å². The van der Waals surface area contributed by atoms with Gasteiger partial charge < -0.3 is 59.7 Å². The molecule has 0 saturated carbocycles. The number of aliphatic hydroxyl groups is 1. The Labute approximate surface area is 303 Å². The fourth-order valence-corrected chi connectivity index (χ4v) is 5.15. The van der Waals surface area contributed by atoms with Crippen LogP contribution in [-0.4, -0.2) is 119 Å².